The van der Waals surface area contributed by atoms with Crippen LogP contribution in [-0.4, -0.2) is 26.4 Å². The summed E-state index contributed by atoms with van der Waals surface area (Å²) < 4.78 is 10.8. The fourth-order valence-electron chi connectivity index (χ4n) is 1.48. The molecule has 1 atom stereocenters. The highest BCUT2D eigenvalue weighted by Crippen LogP contribution is 2.20. The third-order valence-electron chi connectivity index (χ3n) is 2.44. The van der Waals surface area contributed by atoms with Crippen molar-refractivity contribution in [2.75, 3.05) is 20.3 Å². The number of ether oxygens (including phenoxy) is 2. The summed E-state index contributed by atoms with van der Waals surface area (Å²) in [6.07, 6.45) is -0.0765. The molecule has 0 aliphatic carbocycles. The van der Waals surface area contributed by atoms with Crippen molar-refractivity contribution >= 4 is 0 Å². The molecule has 0 aliphatic heterocycles. The van der Waals surface area contributed by atoms with Gasteiger partial charge in [0.15, 0.2) is 0 Å². The van der Waals surface area contributed by atoms with Crippen LogP contribution in [0.5, 0.6) is 5.75 Å². The molecule has 0 saturated carbocycles. The lowest BCUT2D eigenvalue weighted by Gasteiger charge is -2.17. The molecule has 3 heteroatoms. The summed E-state index contributed by atoms with van der Waals surface area (Å²) in [5, 5.41) is 0. The molecule has 1 aromatic rings. The molecule has 1 rings (SSSR count). The Morgan fingerprint density at radius 3 is 2.62 bits per heavy atom. The first-order valence-electron chi connectivity index (χ1n) is 5.63. The lowest BCUT2D eigenvalue weighted by Crippen LogP contribution is -2.31. The third kappa shape index (κ3) is 3.83. The largest absolute Gasteiger partial charge is 0.487 e. The molecule has 3 nitrogen and oxygen atoms in total. The monoisotopic (exact) mass is 223 g/mol. The molecule has 0 fully saturated rings. The van der Waals surface area contributed by atoms with Gasteiger partial charge in [-0.15, -0.1) is 0 Å². The first-order chi connectivity index (χ1) is 7.67. The predicted octanol–water partition coefficient (Wildman–Crippen LogP) is 2.16. The molecule has 2 N–H and O–H groups in total. The highest BCUT2D eigenvalue weighted by molar-refractivity contribution is 5.30. The first-order valence-corrected chi connectivity index (χ1v) is 5.63. The number of rotatable bonds is 6. The van der Waals surface area contributed by atoms with E-state index in [9.17, 15) is 0 Å². The molecular weight excluding hydrogens is 202 g/mol. The van der Waals surface area contributed by atoms with Gasteiger partial charge in [-0.3, -0.25) is 0 Å². The zero-order chi connectivity index (χ0) is 12.0. The number of hydrogen-bond donors (Lipinski definition) is 1. The molecule has 0 bridgehead atoms. The molecule has 90 valence electrons. The summed E-state index contributed by atoms with van der Waals surface area (Å²) in [6.45, 7) is 5.30. The van der Waals surface area contributed by atoms with Crippen molar-refractivity contribution in [1.82, 2.24) is 0 Å². The van der Waals surface area contributed by atoms with Crippen molar-refractivity contribution < 1.29 is 9.47 Å². The molecule has 0 radical (unpaired) electrons. The SMILES string of the molecule is COCC(CN)Oc1cccc(C(C)C)c1. The minimum atomic E-state index is -0.0765. The minimum absolute atomic E-state index is 0.0765. The number of benzene rings is 1. The second-order valence-electron chi connectivity index (χ2n) is 4.16. The average molecular weight is 223 g/mol. The maximum Gasteiger partial charge on any atom is 0.134 e. The average Bonchev–Trinajstić information content (AvgIpc) is 2.29. The van der Waals surface area contributed by atoms with Gasteiger partial charge in [-0.25, -0.2) is 0 Å². The summed E-state index contributed by atoms with van der Waals surface area (Å²) in [4.78, 5) is 0. The van der Waals surface area contributed by atoms with Crippen LogP contribution in [0.2, 0.25) is 0 Å². The van der Waals surface area contributed by atoms with Gasteiger partial charge in [0, 0.05) is 13.7 Å². The van der Waals surface area contributed by atoms with Crippen molar-refractivity contribution in [3.8, 4) is 5.75 Å². The third-order valence-corrected chi connectivity index (χ3v) is 2.44. The number of nitrogens with two attached hydrogens (primary N) is 1. The van der Waals surface area contributed by atoms with Crippen molar-refractivity contribution in [3.05, 3.63) is 29.8 Å². The lowest BCUT2D eigenvalue weighted by molar-refractivity contribution is 0.0860. The van der Waals surface area contributed by atoms with Gasteiger partial charge < -0.3 is 15.2 Å². The van der Waals surface area contributed by atoms with Crippen LogP contribution in [-0.2, 0) is 4.74 Å². The van der Waals surface area contributed by atoms with Crippen LogP contribution in [0, 0.1) is 0 Å². The van der Waals surface area contributed by atoms with Gasteiger partial charge >= 0.3 is 0 Å². The van der Waals surface area contributed by atoms with Crippen LogP contribution in [0.15, 0.2) is 24.3 Å². The fourth-order valence-corrected chi connectivity index (χ4v) is 1.48. The smallest absolute Gasteiger partial charge is 0.134 e. The first kappa shape index (κ1) is 13.0. The molecule has 0 aromatic heterocycles. The summed E-state index contributed by atoms with van der Waals surface area (Å²) in [5.41, 5.74) is 6.87. The van der Waals surface area contributed by atoms with Crippen LogP contribution >= 0.6 is 0 Å². The summed E-state index contributed by atoms with van der Waals surface area (Å²) in [7, 11) is 1.65. The molecule has 0 saturated heterocycles. The zero-order valence-corrected chi connectivity index (χ0v) is 10.3. The molecule has 1 aromatic carbocycles. The van der Waals surface area contributed by atoms with E-state index in [1.165, 1.54) is 5.56 Å². The van der Waals surface area contributed by atoms with Gasteiger partial charge in [-0.1, -0.05) is 26.0 Å². The molecule has 16 heavy (non-hydrogen) atoms. The standard InChI is InChI=1S/C13H21NO2/c1-10(2)11-5-4-6-12(7-11)16-13(8-14)9-15-3/h4-7,10,13H,8-9,14H2,1-3H3. The highest BCUT2D eigenvalue weighted by atomic mass is 16.5. The van der Waals surface area contributed by atoms with Gasteiger partial charge in [-0.2, -0.15) is 0 Å². The van der Waals surface area contributed by atoms with Crippen LogP contribution in [0.3, 0.4) is 0 Å². The predicted molar refractivity (Wildman–Crippen MR) is 65.9 cm³/mol. The van der Waals surface area contributed by atoms with E-state index in [0.29, 0.717) is 19.1 Å². The maximum atomic E-state index is 5.74. The van der Waals surface area contributed by atoms with Crippen molar-refractivity contribution in [2.45, 2.75) is 25.9 Å². The quantitative estimate of drug-likeness (QED) is 0.803. The van der Waals surface area contributed by atoms with Crippen LogP contribution in [0.1, 0.15) is 25.3 Å². The van der Waals surface area contributed by atoms with E-state index >= 15 is 0 Å². The van der Waals surface area contributed by atoms with Crippen LogP contribution in [0.4, 0.5) is 0 Å². The molecule has 0 amide bonds. The zero-order valence-electron chi connectivity index (χ0n) is 10.3. The van der Waals surface area contributed by atoms with Gasteiger partial charge in [0.05, 0.1) is 6.61 Å². The van der Waals surface area contributed by atoms with Crippen molar-refractivity contribution in [1.29, 1.82) is 0 Å². The Balaban J connectivity index is 2.68. The Morgan fingerprint density at radius 2 is 2.06 bits per heavy atom. The Hall–Kier alpha value is -1.06. The van der Waals surface area contributed by atoms with Crippen LogP contribution < -0.4 is 10.5 Å². The molecule has 0 spiro atoms. The van der Waals surface area contributed by atoms with Crippen molar-refractivity contribution in [2.24, 2.45) is 5.73 Å². The Labute approximate surface area is 97.6 Å². The van der Waals surface area contributed by atoms with Gasteiger partial charge in [0.2, 0.25) is 0 Å². The van der Waals surface area contributed by atoms with E-state index in [1.807, 2.05) is 12.1 Å². The van der Waals surface area contributed by atoms with Gasteiger partial charge in [-0.05, 0) is 23.6 Å². The number of methoxy groups -OCH3 is 1. The topological polar surface area (TPSA) is 44.5 Å². The fraction of sp³-hybridized carbons (Fsp3) is 0.538. The summed E-state index contributed by atoms with van der Waals surface area (Å²) >= 11 is 0. The molecule has 0 aliphatic rings. The van der Waals surface area contributed by atoms with Crippen LogP contribution in [0.25, 0.3) is 0 Å². The van der Waals surface area contributed by atoms with Gasteiger partial charge in [0.25, 0.3) is 0 Å². The second kappa shape index (κ2) is 6.51. The van der Waals surface area contributed by atoms with E-state index in [2.05, 4.69) is 26.0 Å². The molecule has 1 unspecified atom stereocenters. The number of hydrogen-bond acceptors (Lipinski definition) is 3. The second-order valence-corrected chi connectivity index (χ2v) is 4.16. The van der Waals surface area contributed by atoms with E-state index in [0.717, 1.165) is 5.75 Å². The molecular formula is C13H21NO2. The maximum absolute atomic E-state index is 5.74. The Bertz CT molecular complexity index is 313. The molecule has 0 heterocycles. The van der Waals surface area contributed by atoms with E-state index in [4.69, 9.17) is 15.2 Å². The van der Waals surface area contributed by atoms with E-state index in [-0.39, 0.29) is 6.10 Å². The summed E-state index contributed by atoms with van der Waals surface area (Å²) in [5.74, 6) is 1.36. The lowest BCUT2D eigenvalue weighted by atomic mass is 10.0. The Morgan fingerprint density at radius 1 is 1.31 bits per heavy atom. The summed E-state index contributed by atoms with van der Waals surface area (Å²) in [6, 6.07) is 8.11. The van der Waals surface area contributed by atoms with Gasteiger partial charge in [0.1, 0.15) is 11.9 Å². The minimum Gasteiger partial charge on any atom is -0.487 e. The highest BCUT2D eigenvalue weighted by Gasteiger charge is 2.08. The normalized spacial score (nSPS) is 12.8. The van der Waals surface area contributed by atoms with E-state index < -0.39 is 0 Å². The van der Waals surface area contributed by atoms with Crippen molar-refractivity contribution in [3.63, 3.8) is 0 Å². The Kier molecular flexibility index (Phi) is 5.29. The van der Waals surface area contributed by atoms with E-state index in [1.54, 1.807) is 7.11 Å².